The number of pyridine rings is 1. The van der Waals surface area contributed by atoms with Crippen molar-refractivity contribution in [2.75, 3.05) is 11.1 Å². The summed E-state index contributed by atoms with van der Waals surface area (Å²) < 4.78 is 0. The third kappa shape index (κ3) is 3.11. The number of anilines is 3. The van der Waals surface area contributed by atoms with E-state index in [4.69, 9.17) is 5.73 Å². The first kappa shape index (κ1) is 14.9. The van der Waals surface area contributed by atoms with Crippen molar-refractivity contribution in [1.29, 1.82) is 0 Å². The Hall–Kier alpha value is -3.00. The molecule has 0 unspecified atom stereocenters. The first-order chi connectivity index (χ1) is 11.0. The van der Waals surface area contributed by atoms with Gasteiger partial charge in [0, 0.05) is 29.4 Å². The Morgan fingerprint density at radius 3 is 2.91 bits per heavy atom. The molecule has 116 valence electrons. The second-order valence-corrected chi connectivity index (χ2v) is 5.75. The molecule has 0 saturated heterocycles. The molecule has 8 heteroatoms. The molecule has 0 saturated carbocycles. The predicted molar refractivity (Wildman–Crippen MR) is 90.9 cm³/mol. The lowest BCUT2D eigenvalue weighted by Crippen LogP contribution is -2.00. The molecular formula is C15H13N5O2S. The molecule has 0 aliphatic heterocycles. The summed E-state index contributed by atoms with van der Waals surface area (Å²) >= 11 is 1.42. The highest BCUT2D eigenvalue weighted by atomic mass is 32.1. The minimum absolute atomic E-state index is 0.123. The van der Waals surface area contributed by atoms with Gasteiger partial charge in [-0.05, 0) is 30.7 Å². The molecule has 1 aromatic carbocycles. The van der Waals surface area contributed by atoms with Crippen molar-refractivity contribution in [1.82, 2.24) is 9.97 Å². The van der Waals surface area contributed by atoms with Gasteiger partial charge in [-0.15, -0.1) is 11.3 Å². The topological polar surface area (TPSA) is 107 Å². The summed E-state index contributed by atoms with van der Waals surface area (Å²) in [5.74, 6) is 0. The molecule has 0 bridgehead atoms. The number of nitrogen functional groups attached to an aromatic ring is 1. The SMILES string of the molecule is Cc1cc(N)c([N+](=O)[O-])cc1Nc1nc(-c2cccnc2)cs1. The molecule has 0 spiro atoms. The molecule has 7 nitrogen and oxygen atoms in total. The zero-order chi connectivity index (χ0) is 16.4. The van der Waals surface area contributed by atoms with Crippen LogP contribution in [0.1, 0.15) is 5.56 Å². The van der Waals surface area contributed by atoms with Crippen LogP contribution in [0.15, 0.2) is 42.0 Å². The molecule has 0 fully saturated rings. The smallest absolute Gasteiger partial charge is 0.294 e. The van der Waals surface area contributed by atoms with Gasteiger partial charge >= 0.3 is 0 Å². The Morgan fingerprint density at radius 1 is 1.39 bits per heavy atom. The number of aromatic nitrogens is 2. The molecule has 3 aromatic rings. The van der Waals surface area contributed by atoms with Gasteiger partial charge in [-0.2, -0.15) is 0 Å². The molecule has 0 atom stereocenters. The summed E-state index contributed by atoms with van der Waals surface area (Å²) in [6.45, 7) is 1.83. The normalized spacial score (nSPS) is 10.5. The van der Waals surface area contributed by atoms with Crippen LogP contribution in [-0.2, 0) is 0 Å². The Labute approximate surface area is 136 Å². The molecule has 2 aromatic heterocycles. The Bertz CT molecular complexity index is 864. The monoisotopic (exact) mass is 327 g/mol. The van der Waals surface area contributed by atoms with Crippen LogP contribution < -0.4 is 11.1 Å². The Balaban J connectivity index is 1.90. The van der Waals surface area contributed by atoms with Gasteiger partial charge in [-0.1, -0.05) is 0 Å². The van der Waals surface area contributed by atoms with E-state index >= 15 is 0 Å². The lowest BCUT2D eigenvalue weighted by Gasteiger charge is -2.08. The third-order valence-electron chi connectivity index (χ3n) is 3.27. The first-order valence-electron chi connectivity index (χ1n) is 6.72. The highest BCUT2D eigenvalue weighted by Gasteiger charge is 2.15. The van der Waals surface area contributed by atoms with E-state index in [1.54, 1.807) is 18.5 Å². The average Bonchev–Trinajstić information content (AvgIpc) is 2.99. The fourth-order valence-electron chi connectivity index (χ4n) is 2.10. The van der Waals surface area contributed by atoms with Crippen LogP contribution in [0.25, 0.3) is 11.3 Å². The third-order valence-corrected chi connectivity index (χ3v) is 4.03. The number of hydrogen-bond donors (Lipinski definition) is 2. The van der Waals surface area contributed by atoms with Gasteiger partial charge in [0.2, 0.25) is 0 Å². The fraction of sp³-hybridized carbons (Fsp3) is 0.0667. The van der Waals surface area contributed by atoms with Gasteiger partial charge in [-0.25, -0.2) is 4.98 Å². The van der Waals surface area contributed by atoms with E-state index in [9.17, 15) is 10.1 Å². The summed E-state index contributed by atoms with van der Waals surface area (Å²) in [4.78, 5) is 19.1. The molecule has 0 radical (unpaired) electrons. The van der Waals surface area contributed by atoms with Crippen molar-refractivity contribution in [3.05, 3.63) is 57.7 Å². The molecule has 23 heavy (non-hydrogen) atoms. The standard InChI is InChI=1S/C15H13N5O2S/c1-9-5-11(16)14(20(21)22)6-12(9)18-15-19-13(8-23-15)10-3-2-4-17-7-10/h2-8H,16H2,1H3,(H,18,19). The average molecular weight is 327 g/mol. The van der Waals surface area contributed by atoms with Crippen LogP contribution in [0.2, 0.25) is 0 Å². The highest BCUT2D eigenvalue weighted by Crippen LogP contribution is 2.32. The van der Waals surface area contributed by atoms with Crippen LogP contribution in [0.5, 0.6) is 0 Å². The number of thiazole rings is 1. The van der Waals surface area contributed by atoms with Gasteiger partial charge in [0.15, 0.2) is 5.13 Å². The van der Waals surface area contributed by atoms with Crippen molar-refractivity contribution >= 4 is 33.5 Å². The number of nitrogens with one attached hydrogen (secondary N) is 1. The quantitative estimate of drug-likeness (QED) is 0.429. The fourth-order valence-corrected chi connectivity index (χ4v) is 2.84. The highest BCUT2D eigenvalue weighted by molar-refractivity contribution is 7.14. The largest absolute Gasteiger partial charge is 0.393 e. The van der Waals surface area contributed by atoms with E-state index in [0.29, 0.717) is 10.8 Å². The van der Waals surface area contributed by atoms with Gasteiger partial charge in [0.05, 0.1) is 16.3 Å². The summed E-state index contributed by atoms with van der Waals surface area (Å²) in [6.07, 6.45) is 3.43. The van der Waals surface area contributed by atoms with Gasteiger partial charge < -0.3 is 11.1 Å². The number of rotatable bonds is 4. The lowest BCUT2D eigenvalue weighted by atomic mass is 10.1. The number of nitro benzene ring substituents is 1. The summed E-state index contributed by atoms with van der Waals surface area (Å²) in [5.41, 5.74) is 8.83. The van der Waals surface area contributed by atoms with Crippen LogP contribution in [0, 0.1) is 17.0 Å². The molecule has 3 rings (SSSR count). The van der Waals surface area contributed by atoms with Gasteiger partial charge in [-0.3, -0.25) is 15.1 Å². The molecule has 0 amide bonds. The number of aryl methyl sites for hydroxylation is 1. The maximum atomic E-state index is 11.0. The van der Waals surface area contributed by atoms with E-state index in [2.05, 4.69) is 15.3 Å². The Kier molecular flexibility index (Phi) is 3.90. The van der Waals surface area contributed by atoms with Crippen molar-refractivity contribution in [2.24, 2.45) is 0 Å². The minimum Gasteiger partial charge on any atom is -0.393 e. The van der Waals surface area contributed by atoms with Gasteiger partial charge in [0.1, 0.15) is 5.69 Å². The Morgan fingerprint density at radius 2 is 2.22 bits per heavy atom. The van der Waals surface area contributed by atoms with Crippen LogP contribution in [-0.4, -0.2) is 14.9 Å². The van der Waals surface area contributed by atoms with E-state index in [1.165, 1.54) is 17.4 Å². The summed E-state index contributed by atoms with van der Waals surface area (Å²) in [6, 6.07) is 6.77. The van der Waals surface area contributed by atoms with E-state index < -0.39 is 4.92 Å². The number of benzene rings is 1. The molecule has 3 N–H and O–H groups in total. The number of nitrogens with two attached hydrogens (primary N) is 1. The van der Waals surface area contributed by atoms with Crippen LogP contribution >= 0.6 is 11.3 Å². The zero-order valence-electron chi connectivity index (χ0n) is 12.2. The molecule has 2 heterocycles. The van der Waals surface area contributed by atoms with Crippen molar-refractivity contribution in [3.8, 4) is 11.3 Å². The van der Waals surface area contributed by atoms with E-state index in [0.717, 1.165) is 16.8 Å². The number of nitrogens with zero attached hydrogens (tertiary/aromatic N) is 3. The predicted octanol–water partition coefficient (Wildman–Crippen LogP) is 3.75. The van der Waals surface area contributed by atoms with E-state index in [-0.39, 0.29) is 11.4 Å². The first-order valence-corrected chi connectivity index (χ1v) is 7.60. The molecular weight excluding hydrogens is 314 g/mol. The minimum atomic E-state index is -0.497. The second-order valence-electron chi connectivity index (χ2n) is 4.89. The van der Waals surface area contributed by atoms with Crippen molar-refractivity contribution in [2.45, 2.75) is 6.92 Å². The van der Waals surface area contributed by atoms with Gasteiger partial charge in [0.25, 0.3) is 5.69 Å². The maximum Gasteiger partial charge on any atom is 0.294 e. The lowest BCUT2D eigenvalue weighted by molar-refractivity contribution is -0.383. The second kappa shape index (κ2) is 6.01. The van der Waals surface area contributed by atoms with Crippen molar-refractivity contribution in [3.63, 3.8) is 0 Å². The van der Waals surface area contributed by atoms with E-state index in [1.807, 2.05) is 24.4 Å². The number of nitro groups is 1. The summed E-state index contributed by atoms with van der Waals surface area (Å²) in [7, 11) is 0. The molecule has 0 aliphatic rings. The van der Waals surface area contributed by atoms with Crippen molar-refractivity contribution < 1.29 is 4.92 Å². The van der Waals surface area contributed by atoms with Crippen LogP contribution in [0.3, 0.4) is 0 Å². The maximum absolute atomic E-state index is 11.0. The summed E-state index contributed by atoms with van der Waals surface area (Å²) in [5, 5.41) is 16.7. The van der Waals surface area contributed by atoms with Crippen LogP contribution in [0.4, 0.5) is 22.2 Å². The zero-order valence-corrected chi connectivity index (χ0v) is 13.0. The molecule has 0 aliphatic carbocycles. The number of hydrogen-bond acceptors (Lipinski definition) is 7.